The van der Waals surface area contributed by atoms with Gasteiger partial charge in [-0.25, -0.2) is 9.78 Å². The number of carboxylic acids is 1. The van der Waals surface area contributed by atoms with Crippen molar-refractivity contribution in [1.29, 1.82) is 0 Å². The van der Waals surface area contributed by atoms with E-state index in [1.807, 2.05) is 70.2 Å². The predicted octanol–water partition coefficient (Wildman–Crippen LogP) is 7.01. The number of rotatable bonds is 7. The van der Waals surface area contributed by atoms with Gasteiger partial charge in [0.05, 0.1) is 11.4 Å². The van der Waals surface area contributed by atoms with Crippen molar-refractivity contribution in [2.45, 2.75) is 45.4 Å². The average Bonchev–Trinajstić information content (AvgIpc) is 3.62. The maximum Gasteiger partial charge on any atom is 0.348 e. The molecule has 1 aromatic carbocycles. The number of imidazole rings is 1. The monoisotopic (exact) mass is 557 g/mol. The molecule has 2 fully saturated rings. The second-order valence-corrected chi connectivity index (χ2v) is 12.3. The van der Waals surface area contributed by atoms with Crippen LogP contribution in [0, 0.1) is 17.8 Å². The molecule has 1 saturated heterocycles. The number of benzene rings is 1. The molecule has 208 valence electrons. The first-order valence-electron chi connectivity index (χ1n) is 14.3. The van der Waals surface area contributed by atoms with Crippen LogP contribution in [0.15, 0.2) is 60.9 Å². The Labute approximate surface area is 238 Å². The Morgan fingerprint density at radius 1 is 1.02 bits per heavy atom. The summed E-state index contributed by atoms with van der Waals surface area (Å²) in [4.78, 5) is 34.0. The van der Waals surface area contributed by atoms with E-state index >= 15 is 0 Å². The van der Waals surface area contributed by atoms with Gasteiger partial charge in [0.15, 0.2) is 0 Å². The second kappa shape index (κ2) is 11.6. The van der Waals surface area contributed by atoms with Gasteiger partial charge in [-0.15, -0.1) is 11.3 Å². The summed E-state index contributed by atoms with van der Waals surface area (Å²) in [5.74, 6) is -0.0263. The summed E-state index contributed by atoms with van der Waals surface area (Å²) in [6.07, 6.45) is 9.57. The molecule has 1 saturated carbocycles. The zero-order chi connectivity index (χ0) is 27.6. The molecule has 1 aliphatic heterocycles. The first kappa shape index (κ1) is 26.7. The van der Waals surface area contributed by atoms with E-state index < -0.39 is 5.97 Å². The molecule has 0 spiro atoms. The molecular weight excluding hydrogens is 522 g/mol. The standard InChI is InChI=1S/C32H35N3O4S/c1-21-5-7-25(8-6-21)31(36)35(19-22-13-16-39-17-14-22)27-18-28(40-30(27)32(37)38)24-11-9-23(10-12-24)26-20-34-15-3-2-4-29(34)33-26/h2-4,9-12,15,18,20-22,25H,5-8,13-14,16-17,19H2,1H3,(H,37,38). The molecule has 1 aliphatic carbocycles. The number of fused-ring (bicyclic) bond motifs is 1. The van der Waals surface area contributed by atoms with Crippen molar-refractivity contribution in [3.05, 3.63) is 65.8 Å². The number of pyridine rings is 1. The summed E-state index contributed by atoms with van der Waals surface area (Å²) in [6, 6.07) is 15.9. The van der Waals surface area contributed by atoms with Crippen molar-refractivity contribution in [2.75, 3.05) is 24.7 Å². The number of ether oxygens (including phenoxy) is 1. The van der Waals surface area contributed by atoms with E-state index in [0.29, 0.717) is 37.3 Å². The third-order valence-corrected chi connectivity index (χ3v) is 9.60. The maximum atomic E-state index is 14.0. The summed E-state index contributed by atoms with van der Waals surface area (Å²) >= 11 is 1.24. The number of amides is 1. The van der Waals surface area contributed by atoms with Gasteiger partial charge in [0, 0.05) is 48.5 Å². The number of thiophene rings is 1. The summed E-state index contributed by atoms with van der Waals surface area (Å²) in [5.41, 5.74) is 4.22. The van der Waals surface area contributed by atoms with Crippen molar-refractivity contribution in [3.8, 4) is 21.7 Å². The predicted molar refractivity (Wildman–Crippen MR) is 158 cm³/mol. The van der Waals surface area contributed by atoms with E-state index in [2.05, 4.69) is 6.92 Å². The molecule has 7 nitrogen and oxygen atoms in total. The van der Waals surface area contributed by atoms with Crippen molar-refractivity contribution in [1.82, 2.24) is 9.38 Å². The molecule has 6 rings (SSSR count). The van der Waals surface area contributed by atoms with E-state index in [1.165, 1.54) is 11.3 Å². The van der Waals surface area contributed by atoms with E-state index in [9.17, 15) is 14.7 Å². The summed E-state index contributed by atoms with van der Waals surface area (Å²) < 4.78 is 7.55. The van der Waals surface area contributed by atoms with Crippen LogP contribution in [0.2, 0.25) is 0 Å². The van der Waals surface area contributed by atoms with Crippen LogP contribution in [-0.2, 0) is 9.53 Å². The number of carboxylic acid groups (broad SMARTS) is 1. The van der Waals surface area contributed by atoms with Crippen LogP contribution >= 0.6 is 11.3 Å². The molecule has 0 atom stereocenters. The molecule has 40 heavy (non-hydrogen) atoms. The SMILES string of the molecule is CC1CCC(C(=O)N(CC2CCOCC2)c2cc(-c3ccc(-c4cn5ccccc5n4)cc3)sc2C(=O)O)CC1. The summed E-state index contributed by atoms with van der Waals surface area (Å²) in [6.45, 7) is 4.16. The highest BCUT2D eigenvalue weighted by atomic mass is 32.1. The lowest BCUT2D eigenvalue weighted by atomic mass is 9.82. The summed E-state index contributed by atoms with van der Waals surface area (Å²) in [5, 5.41) is 10.2. The molecule has 1 amide bonds. The van der Waals surface area contributed by atoms with Crippen molar-refractivity contribution in [3.63, 3.8) is 0 Å². The van der Waals surface area contributed by atoms with E-state index in [4.69, 9.17) is 9.72 Å². The van der Waals surface area contributed by atoms with Crippen molar-refractivity contribution < 1.29 is 19.4 Å². The minimum Gasteiger partial charge on any atom is -0.477 e. The van der Waals surface area contributed by atoms with Crippen molar-refractivity contribution >= 4 is 34.5 Å². The minimum atomic E-state index is -0.991. The number of aromatic carboxylic acids is 1. The third-order valence-electron chi connectivity index (χ3n) is 8.44. The van der Waals surface area contributed by atoms with Crippen LogP contribution in [0.1, 0.15) is 55.1 Å². The van der Waals surface area contributed by atoms with Crippen LogP contribution in [0.3, 0.4) is 0 Å². The van der Waals surface area contributed by atoms with Gasteiger partial charge in [-0.05, 0) is 74.1 Å². The van der Waals surface area contributed by atoms with Gasteiger partial charge in [-0.2, -0.15) is 0 Å². The lowest BCUT2D eigenvalue weighted by molar-refractivity contribution is -0.123. The number of nitrogens with zero attached hydrogens (tertiary/aromatic N) is 3. The van der Waals surface area contributed by atoms with Gasteiger partial charge in [0.25, 0.3) is 0 Å². The molecule has 0 bridgehead atoms. The Bertz CT molecular complexity index is 1460. The highest BCUT2D eigenvalue weighted by molar-refractivity contribution is 7.18. The van der Waals surface area contributed by atoms with Crippen LogP contribution in [0.25, 0.3) is 27.3 Å². The normalized spacial score (nSPS) is 20.0. The van der Waals surface area contributed by atoms with Crippen LogP contribution in [0.4, 0.5) is 5.69 Å². The fraction of sp³-hybridized carbons (Fsp3) is 0.406. The molecule has 2 aliphatic rings. The zero-order valence-corrected chi connectivity index (χ0v) is 23.6. The van der Waals surface area contributed by atoms with Gasteiger partial charge in [0.2, 0.25) is 5.91 Å². The molecule has 4 aromatic rings. The Morgan fingerprint density at radius 2 is 1.75 bits per heavy atom. The van der Waals surface area contributed by atoms with Gasteiger partial charge in [-0.1, -0.05) is 37.3 Å². The number of hydrogen-bond acceptors (Lipinski definition) is 5. The molecule has 8 heteroatoms. The molecular formula is C32H35N3O4S. The molecule has 4 heterocycles. The van der Waals surface area contributed by atoms with E-state index in [1.54, 1.807) is 0 Å². The van der Waals surface area contributed by atoms with E-state index in [0.717, 1.165) is 65.9 Å². The summed E-state index contributed by atoms with van der Waals surface area (Å²) in [7, 11) is 0. The van der Waals surface area contributed by atoms with Crippen LogP contribution < -0.4 is 4.90 Å². The van der Waals surface area contributed by atoms with Gasteiger partial charge < -0.3 is 19.1 Å². The highest BCUT2D eigenvalue weighted by Gasteiger charge is 2.33. The van der Waals surface area contributed by atoms with E-state index in [-0.39, 0.29) is 16.7 Å². The van der Waals surface area contributed by atoms with Gasteiger partial charge >= 0.3 is 5.97 Å². The number of carbonyl (C=O) groups excluding carboxylic acids is 1. The molecule has 0 unspecified atom stereocenters. The third kappa shape index (κ3) is 5.56. The van der Waals surface area contributed by atoms with Gasteiger partial charge in [-0.3, -0.25) is 4.79 Å². The van der Waals surface area contributed by atoms with Gasteiger partial charge in [0.1, 0.15) is 10.5 Å². The fourth-order valence-corrected chi connectivity index (χ4v) is 6.98. The lowest BCUT2D eigenvalue weighted by Crippen LogP contribution is -2.42. The topological polar surface area (TPSA) is 84.1 Å². The molecule has 0 radical (unpaired) electrons. The lowest BCUT2D eigenvalue weighted by Gasteiger charge is -2.34. The van der Waals surface area contributed by atoms with Crippen LogP contribution in [-0.4, -0.2) is 46.1 Å². The smallest absolute Gasteiger partial charge is 0.348 e. The first-order chi connectivity index (χ1) is 19.5. The molecule has 1 N–H and O–H groups in total. The number of carbonyl (C=O) groups is 2. The number of hydrogen-bond donors (Lipinski definition) is 1. The maximum absolute atomic E-state index is 14.0. The Balaban J connectivity index is 1.31. The quantitative estimate of drug-likeness (QED) is 0.264. The highest BCUT2D eigenvalue weighted by Crippen LogP contribution is 2.40. The first-order valence-corrected chi connectivity index (χ1v) is 15.1. The Kier molecular flexibility index (Phi) is 7.71. The number of anilines is 1. The number of aromatic nitrogens is 2. The fourth-order valence-electron chi connectivity index (χ4n) is 5.98. The minimum absolute atomic E-state index is 0.0502. The Hall–Kier alpha value is -3.49. The zero-order valence-electron chi connectivity index (χ0n) is 22.8. The van der Waals surface area contributed by atoms with Crippen molar-refractivity contribution in [2.24, 2.45) is 17.8 Å². The second-order valence-electron chi connectivity index (χ2n) is 11.3. The average molecular weight is 558 g/mol. The van der Waals surface area contributed by atoms with Crippen LogP contribution in [0.5, 0.6) is 0 Å². The largest absolute Gasteiger partial charge is 0.477 e. The Morgan fingerprint density at radius 3 is 2.45 bits per heavy atom. The molecule has 3 aromatic heterocycles.